The van der Waals surface area contributed by atoms with Crippen LogP contribution in [0, 0.1) is 23.1 Å². The SMILES string of the molecule is CC(C#N)(NC(=O)CSc1nnc(-c2ccc(F)cc2)n1CC1CCCO1)C1CC1. The van der Waals surface area contributed by atoms with Gasteiger partial charge in [0.2, 0.25) is 5.91 Å². The van der Waals surface area contributed by atoms with E-state index in [9.17, 15) is 14.4 Å². The fourth-order valence-electron chi connectivity index (χ4n) is 3.70. The number of carbonyl (C=O) groups is 1. The van der Waals surface area contributed by atoms with Crippen molar-refractivity contribution in [1.82, 2.24) is 20.1 Å². The molecule has 4 rings (SSSR count). The second kappa shape index (κ2) is 8.74. The van der Waals surface area contributed by atoms with Crippen molar-refractivity contribution >= 4 is 17.7 Å². The molecule has 1 amide bonds. The first-order valence-corrected chi connectivity index (χ1v) is 11.1. The molecule has 9 heteroatoms. The van der Waals surface area contributed by atoms with Gasteiger partial charge in [-0.05, 0) is 62.8 Å². The third kappa shape index (κ3) is 4.65. The lowest BCUT2D eigenvalue weighted by molar-refractivity contribution is -0.119. The van der Waals surface area contributed by atoms with E-state index in [1.165, 1.54) is 23.9 Å². The zero-order chi connectivity index (χ0) is 21.1. The first-order valence-electron chi connectivity index (χ1n) is 10.1. The predicted molar refractivity (Wildman–Crippen MR) is 110 cm³/mol. The highest BCUT2D eigenvalue weighted by Crippen LogP contribution is 2.39. The lowest BCUT2D eigenvalue weighted by atomic mass is 9.98. The smallest absolute Gasteiger partial charge is 0.231 e. The number of ether oxygens (including phenoxy) is 1. The zero-order valence-corrected chi connectivity index (χ0v) is 17.6. The van der Waals surface area contributed by atoms with Crippen LogP contribution < -0.4 is 5.32 Å². The monoisotopic (exact) mass is 429 g/mol. The van der Waals surface area contributed by atoms with Crippen molar-refractivity contribution in [2.75, 3.05) is 12.4 Å². The molecule has 0 bridgehead atoms. The van der Waals surface area contributed by atoms with Gasteiger partial charge < -0.3 is 10.1 Å². The molecule has 2 aliphatic rings. The van der Waals surface area contributed by atoms with Crippen molar-refractivity contribution < 1.29 is 13.9 Å². The molecule has 1 aliphatic heterocycles. The van der Waals surface area contributed by atoms with Crippen molar-refractivity contribution in [3.8, 4) is 17.5 Å². The van der Waals surface area contributed by atoms with Crippen LogP contribution in [-0.2, 0) is 16.1 Å². The van der Waals surface area contributed by atoms with Crippen LogP contribution in [0.1, 0.15) is 32.6 Å². The topological polar surface area (TPSA) is 92.8 Å². The van der Waals surface area contributed by atoms with Gasteiger partial charge in [0.1, 0.15) is 11.4 Å². The first-order chi connectivity index (χ1) is 14.5. The Balaban J connectivity index is 1.49. The van der Waals surface area contributed by atoms with Gasteiger partial charge in [0.15, 0.2) is 11.0 Å². The molecule has 0 radical (unpaired) electrons. The first kappa shape index (κ1) is 20.8. The summed E-state index contributed by atoms with van der Waals surface area (Å²) >= 11 is 1.28. The highest BCUT2D eigenvalue weighted by Gasteiger charge is 2.43. The number of hydrogen-bond acceptors (Lipinski definition) is 6. The summed E-state index contributed by atoms with van der Waals surface area (Å²) in [6.45, 7) is 3.08. The molecule has 1 saturated heterocycles. The Bertz CT molecular complexity index is 947. The molecule has 1 aliphatic carbocycles. The van der Waals surface area contributed by atoms with Crippen LogP contribution in [0.5, 0.6) is 0 Å². The molecule has 158 valence electrons. The van der Waals surface area contributed by atoms with Crippen molar-refractivity contribution in [3.63, 3.8) is 0 Å². The number of nitrogens with zero attached hydrogens (tertiary/aromatic N) is 4. The summed E-state index contributed by atoms with van der Waals surface area (Å²) in [6, 6.07) is 8.35. The second-order valence-electron chi connectivity index (χ2n) is 7.98. The van der Waals surface area contributed by atoms with Gasteiger partial charge in [0.25, 0.3) is 0 Å². The van der Waals surface area contributed by atoms with Crippen LogP contribution in [0.15, 0.2) is 29.4 Å². The van der Waals surface area contributed by atoms with Crippen LogP contribution in [-0.4, -0.2) is 44.7 Å². The number of rotatable bonds is 8. The maximum atomic E-state index is 13.3. The summed E-state index contributed by atoms with van der Waals surface area (Å²) in [7, 11) is 0. The molecule has 0 spiro atoms. The highest BCUT2D eigenvalue weighted by molar-refractivity contribution is 7.99. The van der Waals surface area contributed by atoms with E-state index in [2.05, 4.69) is 21.6 Å². The maximum Gasteiger partial charge on any atom is 0.231 e. The number of thioether (sulfide) groups is 1. The summed E-state index contributed by atoms with van der Waals surface area (Å²) in [6.07, 6.45) is 3.96. The summed E-state index contributed by atoms with van der Waals surface area (Å²) in [4.78, 5) is 12.5. The largest absolute Gasteiger partial charge is 0.376 e. The summed E-state index contributed by atoms with van der Waals surface area (Å²) in [5.74, 6) is 0.465. The molecule has 2 aromatic rings. The molecular formula is C21H24FN5O2S. The quantitative estimate of drug-likeness (QED) is 0.648. The van der Waals surface area contributed by atoms with Gasteiger partial charge in [-0.2, -0.15) is 5.26 Å². The number of carbonyl (C=O) groups excluding carboxylic acids is 1. The minimum absolute atomic E-state index is 0.0603. The number of aromatic nitrogens is 3. The molecule has 2 heterocycles. The second-order valence-corrected chi connectivity index (χ2v) is 8.93. The Morgan fingerprint density at radius 1 is 1.37 bits per heavy atom. The van der Waals surface area contributed by atoms with E-state index in [0.717, 1.165) is 37.9 Å². The minimum Gasteiger partial charge on any atom is -0.376 e. The zero-order valence-electron chi connectivity index (χ0n) is 16.8. The maximum absolute atomic E-state index is 13.3. The summed E-state index contributed by atoms with van der Waals surface area (Å²) in [5, 5.41) is 21.5. The van der Waals surface area contributed by atoms with Gasteiger partial charge >= 0.3 is 0 Å². The molecule has 2 atom stereocenters. The summed E-state index contributed by atoms with van der Waals surface area (Å²) < 4.78 is 21.0. The van der Waals surface area contributed by atoms with E-state index in [0.29, 0.717) is 17.5 Å². The number of nitrogens with one attached hydrogen (secondary N) is 1. The van der Waals surface area contributed by atoms with Crippen LogP contribution in [0.25, 0.3) is 11.4 Å². The molecule has 2 unspecified atom stereocenters. The minimum atomic E-state index is -0.817. The third-order valence-electron chi connectivity index (χ3n) is 5.59. The number of benzene rings is 1. The fourth-order valence-corrected chi connectivity index (χ4v) is 4.45. The number of amides is 1. The Morgan fingerprint density at radius 2 is 2.13 bits per heavy atom. The van der Waals surface area contributed by atoms with E-state index in [1.54, 1.807) is 19.1 Å². The van der Waals surface area contributed by atoms with E-state index in [-0.39, 0.29) is 29.5 Å². The number of nitriles is 1. The van der Waals surface area contributed by atoms with E-state index in [4.69, 9.17) is 4.74 Å². The van der Waals surface area contributed by atoms with Gasteiger partial charge in [-0.1, -0.05) is 11.8 Å². The normalized spacial score (nSPS) is 20.5. The molecule has 30 heavy (non-hydrogen) atoms. The van der Waals surface area contributed by atoms with E-state index in [1.807, 2.05) is 4.57 Å². The molecule has 7 nitrogen and oxygen atoms in total. The Hall–Kier alpha value is -2.44. The van der Waals surface area contributed by atoms with Crippen LogP contribution in [0.4, 0.5) is 4.39 Å². The molecule has 1 aromatic heterocycles. The molecular weight excluding hydrogens is 405 g/mol. The average molecular weight is 430 g/mol. The van der Waals surface area contributed by atoms with Crippen molar-refractivity contribution in [2.45, 2.75) is 56.0 Å². The molecule has 1 aromatic carbocycles. The Kier molecular flexibility index (Phi) is 6.06. The lowest BCUT2D eigenvalue weighted by Crippen LogP contribution is -2.47. The average Bonchev–Trinajstić information content (AvgIpc) is 3.35. The molecule has 1 saturated carbocycles. The van der Waals surface area contributed by atoms with Crippen LogP contribution in [0.3, 0.4) is 0 Å². The van der Waals surface area contributed by atoms with Crippen molar-refractivity contribution in [2.24, 2.45) is 5.92 Å². The van der Waals surface area contributed by atoms with E-state index < -0.39 is 5.54 Å². The standard InChI is InChI=1S/C21H24FN5O2S/c1-21(13-23,15-6-7-15)24-18(28)12-30-20-26-25-19(14-4-8-16(22)9-5-14)27(20)11-17-3-2-10-29-17/h4-5,8-9,15,17H,2-3,6-7,10-12H2,1H3,(H,24,28). The van der Waals surface area contributed by atoms with Gasteiger partial charge in [-0.3, -0.25) is 9.36 Å². The Labute approximate surface area is 179 Å². The van der Waals surface area contributed by atoms with Crippen LogP contribution in [0.2, 0.25) is 0 Å². The Morgan fingerprint density at radius 3 is 2.77 bits per heavy atom. The predicted octanol–water partition coefficient (Wildman–Crippen LogP) is 3.16. The van der Waals surface area contributed by atoms with Gasteiger partial charge in [0, 0.05) is 12.2 Å². The van der Waals surface area contributed by atoms with Crippen LogP contribution >= 0.6 is 11.8 Å². The van der Waals surface area contributed by atoms with Crippen molar-refractivity contribution in [1.29, 1.82) is 5.26 Å². The highest BCUT2D eigenvalue weighted by atomic mass is 32.2. The van der Waals surface area contributed by atoms with Crippen molar-refractivity contribution in [3.05, 3.63) is 30.1 Å². The third-order valence-corrected chi connectivity index (χ3v) is 6.55. The number of halogens is 1. The van der Waals surface area contributed by atoms with E-state index >= 15 is 0 Å². The fraction of sp³-hybridized carbons (Fsp3) is 0.524. The van der Waals surface area contributed by atoms with Gasteiger partial charge in [0.05, 0.1) is 24.5 Å². The number of hydrogen-bond donors (Lipinski definition) is 1. The summed E-state index contributed by atoms with van der Waals surface area (Å²) in [5.41, 5.74) is -0.0635. The molecule has 1 N–H and O–H groups in total. The lowest BCUT2D eigenvalue weighted by Gasteiger charge is -2.22. The van der Waals surface area contributed by atoms with Gasteiger partial charge in [-0.15, -0.1) is 10.2 Å². The molecule has 2 fully saturated rings. The van der Waals surface area contributed by atoms with Gasteiger partial charge in [-0.25, -0.2) is 4.39 Å².